The lowest BCUT2D eigenvalue weighted by atomic mass is 10.1. The summed E-state index contributed by atoms with van der Waals surface area (Å²) in [5.41, 5.74) is 3.96. The van der Waals surface area contributed by atoms with Gasteiger partial charge in [-0.05, 0) is 49.7 Å². The molecule has 0 bridgehead atoms. The number of ether oxygens (including phenoxy) is 1. The Morgan fingerprint density at radius 1 is 1.19 bits per heavy atom. The highest BCUT2D eigenvalue weighted by Crippen LogP contribution is 2.28. The molecule has 3 aromatic rings. The summed E-state index contributed by atoms with van der Waals surface area (Å²) in [5.74, 6) is 1.09. The summed E-state index contributed by atoms with van der Waals surface area (Å²) in [6.45, 7) is 4.22. The topological polar surface area (TPSA) is 63.6 Å². The fourth-order valence-electron chi connectivity index (χ4n) is 3.04. The first-order chi connectivity index (χ1) is 15.0. The fourth-order valence-corrected chi connectivity index (χ4v) is 3.16. The number of carbonyl (C=O) groups is 1. The Kier molecular flexibility index (Phi) is 7.57. The minimum Gasteiger partial charge on any atom is -0.457 e. The molecule has 0 unspecified atom stereocenters. The third kappa shape index (κ3) is 5.80. The third-order valence-electron chi connectivity index (χ3n) is 4.73. The van der Waals surface area contributed by atoms with Gasteiger partial charge < -0.3 is 10.1 Å². The van der Waals surface area contributed by atoms with E-state index in [0.29, 0.717) is 28.6 Å². The van der Waals surface area contributed by atoms with E-state index >= 15 is 0 Å². The molecule has 0 spiro atoms. The van der Waals surface area contributed by atoms with Gasteiger partial charge in [0.05, 0.1) is 5.69 Å². The standard InChI is InChI=1S/C25H24ClN3O2/c1-4-19(16-27-3)23-14-21(12-13-28-23)31-24-7-5-6-22(17(24)2)25(30)29-15-18-8-10-20(26)11-9-18/h4-14,16H,15H2,1-3H3,(H,29,30)/b19-4+,27-16?. The van der Waals surface area contributed by atoms with Gasteiger partial charge in [0.15, 0.2) is 0 Å². The van der Waals surface area contributed by atoms with Crippen molar-refractivity contribution in [3.8, 4) is 11.5 Å². The van der Waals surface area contributed by atoms with E-state index < -0.39 is 0 Å². The van der Waals surface area contributed by atoms with Crippen LogP contribution in [0, 0.1) is 6.92 Å². The van der Waals surface area contributed by atoms with E-state index in [4.69, 9.17) is 16.3 Å². The van der Waals surface area contributed by atoms with Gasteiger partial charge in [-0.1, -0.05) is 35.9 Å². The van der Waals surface area contributed by atoms with Gasteiger partial charge in [-0.15, -0.1) is 0 Å². The first-order valence-electron chi connectivity index (χ1n) is 9.87. The van der Waals surface area contributed by atoms with Crippen molar-refractivity contribution in [3.63, 3.8) is 0 Å². The highest BCUT2D eigenvalue weighted by molar-refractivity contribution is 6.30. The molecule has 2 aromatic carbocycles. The lowest BCUT2D eigenvalue weighted by molar-refractivity contribution is 0.0950. The van der Waals surface area contributed by atoms with E-state index in [2.05, 4.69) is 15.3 Å². The van der Waals surface area contributed by atoms with Crippen LogP contribution in [0.15, 0.2) is 71.9 Å². The summed E-state index contributed by atoms with van der Waals surface area (Å²) in [6, 6.07) is 16.5. The van der Waals surface area contributed by atoms with Crippen LogP contribution in [0.2, 0.25) is 5.02 Å². The van der Waals surface area contributed by atoms with Crippen molar-refractivity contribution in [2.75, 3.05) is 7.05 Å². The minimum absolute atomic E-state index is 0.163. The molecule has 1 amide bonds. The zero-order valence-corrected chi connectivity index (χ0v) is 18.5. The second-order valence-electron chi connectivity index (χ2n) is 6.85. The van der Waals surface area contributed by atoms with Gasteiger partial charge in [-0.25, -0.2) is 0 Å². The lowest BCUT2D eigenvalue weighted by Gasteiger charge is -2.13. The average Bonchev–Trinajstić information content (AvgIpc) is 2.78. The number of nitrogens with zero attached hydrogens (tertiary/aromatic N) is 2. The molecular weight excluding hydrogens is 410 g/mol. The molecule has 0 saturated heterocycles. The number of carbonyl (C=O) groups excluding carboxylic acids is 1. The number of rotatable bonds is 7. The summed E-state index contributed by atoms with van der Waals surface area (Å²) in [5, 5.41) is 3.61. The van der Waals surface area contributed by atoms with E-state index in [1.54, 1.807) is 43.7 Å². The second kappa shape index (κ2) is 10.5. The van der Waals surface area contributed by atoms with Crippen LogP contribution in [0.1, 0.15) is 34.1 Å². The molecule has 1 N–H and O–H groups in total. The van der Waals surface area contributed by atoms with Crippen molar-refractivity contribution in [1.29, 1.82) is 0 Å². The Bertz CT molecular complexity index is 1120. The zero-order valence-electron chi connectivity index (χ0n) is 17.7. The molecular formula is C25H24ClN3O2. The van der Waals surface area contributed by atoms with E-state index in [1.165, 1.54) is 0 Å². The predicted molar refractivity (Wildman–Crippen MR) is 126 cm³/mol. The number of pyridine rings is 1. The van der Waals surface area contributed by atoms with Gasteiger partial charge in [0.2, 0.25) is 0 Å². The molecule has 5 nitrogen and oxygen atoms in total. The summed E-state index contributed by atoms with van der Waals surface area (Å²) in [7, 11) is 1.72. The molecule has 1 heterocycles. The van der Waals surface area contributed by atoms with Gasteiger partial charge in [-0.3, -0.25) is 14.8 Å². The SMILES string of the molecule is C/C=C(\C=NC)c1cc(Oc2cccc(C(=O)NCc3ccc(Cl)cc3)c2C)ccn1. The van der Waals surface area contributed by atoms with Crippen LogP contribution < -0.4 is 10.1 Å². The minimum atomic E-state index is -0.163. The molecule has 0 atom stereocenters. The smallest absolute Gasteiger partial charge is 0.251 e. The van der Waals surface area contributed by atoms with Gasteiger partial charge >= 0.3 is 0 Å². The van der Waals surface area contributed by atoms with Crippen LogP contribution in [0.3, 0.4) is 0 Å². The van der Waals surface area contributed by atoms with Crippen molar-refractivity contribution >= 4 is 29.3 Å². The number of allylic oxidation sites excluding steroid dienone is 2. The monoisotopic (exact) mass is 433 g/mol. The highest BCUT2D eigenvalue weighted by atomic mass is 35.5. The molecule has 31 heavy (non-hydrogen) atoms. The Hall–Kier alpha value is -3.44. The zero-order chi connectivity index (χ0) is 22.2. The summed E-state index contributed by atoms with van der Waals surface area (Å²) in [4.78, 5) is 21.2. The Balaban J connectivity index is 1.76. The largest absolute Gasteiger partial charge is 0.457 e. The van der Waals surface area contributed by atoms with E-state index in [1.807, 2.05) is 50.3 Å². The molecule has 0 aliphatic heterocycles. The first-order valence-corrected chi connectivity index (χ1v) is 10.2. The molecule has 6 heteroatoms. The summed E-state index contributed by atoms with van der Waals surface area (Å²) >= 11 is 5.91. The lowest BCUT2D eigenvalue weighted by Crippen LogP contribution is -2.23. The maximum atomic E-state index is 12.7. The van der Waals surface area contributed by atoms with Gasteiger partial charge in [0.25, 0.3) is 5.91 Å². The van der Waals surface area contributed by atoms with Crippen LogP contribution in [0.4, 0.5) is 0 Å². The molecule has 158 valence electrons. The Morgan fingerprint density at radius 2 is 1.97 bits per heavy atom. The number of aromatic nitrogens is 1. The normalized spacial score (nSPS) is 11.5. The molecule has 0 aliphatic carbocycles. The molecule has 0 aliphatic rings. The van der Waals surface area contributed by atoms with E-state index in [9.17, 15) is 4.79 Å². The summed E-state index contributed by atoms with van der Waals surface area (Å²) in [6.07, 6.45) is 5.38. The van der Waals surface area contributed by atoms with Crippen molar-refractivity contribution in [2.45, 2.75) is 20.4 Å². The van der Waals surface area contributed by atoms with Crippen LogP contribution >= 0.6 is 11.6 Å². The first kappa shape index (κ1) is 22.2. The van der Waals surface area contributed by atoms with E-state index in [-0.39, 0.29) is 5.91 Å². The third-order valence-corrected chi connectivity index (χ3v) is 4.98. The van der Waals surface area contributed by atoms with Gasteiger partial charge in [-0.2, -0.15) is 0 Å². The van der Waals surface area contributed by atoms with Crippen molar-refractivity contribution in [2.24, 2.45) is 4.99 Å². The van der Waals surface area contributed by atoms with Crippen LogP contribution in [-0.2, 0) is 6.54 Å². The number of aliphatic imine (C=N–C) groups is 1. The van der Waals surface area contributed by atoms with Crippen LogP contribution in [-0.4, -0.2) is 24.2 Å². The molecule has 3 rings (SSSR count). The Labute approximate surface area is 187 Å². The number of hydrogen-bond donors (Lipinski definition) is 1. The molecule has 0 radical (unpaired) electrons. The number of halogens is 1. The number of hydrogen-bond acceptors (Lipinski definition) is 4. The summed E-state index contributed by atoms with van der Waals surface area (Å²) < 4.78 is 6.08. The van der Waals surface area contributed by atoms with E-state index in [0.717, 1.165) is 22.4 Å². The van der Waals surface area contributed by atoms with Gasteiger partial charge in [0.1, 0.15) is 11.5 Å². The highest BCUT2D eigenvalue weighted by Gasteiger charge is 2.13. The van der Waals surface area contributed by atoms with Crippen LogP contribution in [0.25, 0.3) is 5.57 Å². The quantitative estimate of drug-likeness (QED) is 0.474. The number of nitrogens with one attached hydrogen (secondary N) is 1. The average molecular weight is 434 g/mol. The maximum absolute atomic E-state index is 12.7. The van der Waals surface area contributed by atoms with Crippen molar-refractivity contribution in [3.05, 3.63) is 94.3 Å². The maximum Gasteiger partial charge on any atom is 0.251 e. The molecule has 1 aromatic heterocycles. The van der Waals surface area contributed by atoms with Crippen molar-refractivity contribution in [1.82, 2.24) is 10.3 Å². The molecule has 0 fully saturated rings. The Morgan fingerprint density at radius 3 is 2.68 bits per heavy atom. The second-order valence-corrected chi connectivity index (χ2v) is 7.28. The van der Waals surface area contributed by atoms with Crippen LogP contribution in [0.5, 0.6) is 11.5 Å². The number of benzene rings is 2. The number of amides is 1. The predicted octanol–water partition coefficient (Wildman–Crippen LogP) is 5.87. The fraction of sp³-hybridized carbons (Fsp3) is 0.160. The van der Waals surface area contributed by atoms with Crippen molar-refractivity contribution < 1.29 is 9.53 Å². The molecule has 0 saturated carbocycles. The van der Waals surface area contributed by atoms with Gasteiger partial charge in [0, 0.05) is 53.8 Å².